The molecule has 0 spiro atoms. The first-order valence-corrected chi connectivity index (χ1v) is 4.75. The van der Waals surface area contributed by atoms with Crippen LogP contribution < -0.4 is 11.1 Å². The smallest absolute Gasteiger partial charge is 0.188 e. The Bertz CT molecular complexity index is 293. The summed E-state index contributed by atoms with van der Waals surface area (Å²) in [5.74, 6) is 0.935. The lowest BCUT2D eigenvalue weighted by Crippen LogP contribution is -2.34. The van der Waals surface area contributed by atoms with Gasteiger partial charge in [-0.3, -0.25) is 4.99 Å². The average molecular weight is 191 g/mol. The Morgan fingerprint density at radius 1 is 1.43 bits per heavy atom. The van der Waals surface area contributed by atoms with Crippen LogP contribution >= 0.6 is 0 Å². The summed E-state index contributed by atoms with van der Waals surface area (Å²) in [5.41, 5.74) is 6.85. The highest BCUT2D eigenvalue weighted by molar-refractivity contribution is 5.77. The maximum absolute atomic E-state index is 5.54. The largest absolute Gasteiger partial charge is 0.370 e. The van der Waals surface area contributed by atoms with Gasteiger partial charge in [0.15, 0.2) is 5.96 Å². The van der Waals surface area contributed by atoms with E-state index < -0.39 is 0 Å². The number of guanidine groups is 1. The highest BCUT2D eigenvalue weighted by Crippen LogP contribution is 2.12. The highest BCUT2D eigenvalue weighted by Gasteiger charge is 2.03. The maximum atomic E-state index is 5.54. The number of nitrogens with two attached hydrogens (primary N) is 1. The van der Waals surface area contributed by atoms with Crippen LogP contribution in [0, 0.1) is 0 Å². The molecule has 0 saturated carbocycles. The SMILES string of the molecule is CN=C(N)NCC(C)c1ccccc1. The first kappa shape index (κ1) is 10.6. The zero-order valence-corrected chi connectivity index (χ0v) is 8.70. The average Bonchev–Trinajstić information content (AvgIpc) is 2.26. The van der Waals surface area contributed by atoms with Crippen molar-refractivity contribution in [1.82, 2.24) is 5.32 Å². The minimum atomic E-state index is 0.441. The topological polar surface area (TPSA) is 50.4 Å². The predicted octanol–water partition coefficient (Wildman–Crippen LogP) is 1.32. The van der Waals surface area contributed by atoms with Crippen molar-refractivity contribution in [2.24, 2.45) is 10.7 Å². The Kier molecular flexibility index (Phi) is 3.98. The molecule has 0 radical (unpaired) electrons. The number of benzene rings is 1. The van der Waals surface area contributed by atoms with Crippen LogP contribution in [0.4, 0.5) is 0 Å². The molecule has 0 bridgehead atoms. The molecule has 0 aromatic heterocycles. The third-order valence-corrected chi connectivity index (χ3v) is 2.20. The Morgan fingerprint density at radius 2 is 2.07 bits per heavy atom. The number of hydrogen-bond donors (Lipinski definition) is 2. The standard InChI is InChI=1S/C11H17N3/c1-9(8-14-11(12)13-2)10-6-4-3-5-7-10/h3-7,9H,8H2,1-2H3,(H3,12,13,14). The monoisotopic (exact) mass is 191 g/mol. The molecular weight excluding hydrogens is 174 g/mol. The number of aliphatic imine (C=N–C) groups is 1. The van der Waals surface area contributed by atoms with E-state index in [-0.39, 0.29) is 0 Å². The Hall–Kier alpha value is -1.51. The second kappa shape index (κ2) is 5.27. The molecule has 3 nitrogen and oxygen atoms in total. The first-order chi connectivity index (χ1) is 6.74. The molecule has 1 unspecified atom stereocenters. The minimum absolute atomic E-state index is 0.441. The summed E-state index contributed by atoms with van der Waals surface area (Å²) in [6, 6.07) is 10.3. The van der Waals surface area contributed by atoms with Crippen LogP contribution in [0.15, 0.2) is 35.3 Å². The zero-order valence-electron chi connectivity index (χ0n) is 8.70. The summed E-state index contributed by atoms with van der Waals surface area (Å²) in [6.07, 6.45) is 0. The summed E-state index contributed by atoms with van der Waals surface area (Å²) in [4.78, 5) is 3.84. The van der Waals surface area contributed by atoms with Crippen LogP contribution in [0.2, 0.25) is 0 Å². The molecule has 0 aliphatic carbocycles. The van der Waals surface area contributed by atoms with E-state index in [4.69, 9.17) is 5.73 Å². The fourth-order valence-electron chi connectivity index (χ4n) is 1.24. The van der Waals surface area contributed by atoms with Gasteiger partial charge in [-0.25, -0.2) is 0 Å². The molecule has 0 aliphatic rings. The van der Waals surface area contributed by atoms with E-state index in [1.165, 1.54) is 5.56 Å². The van der Waals surface area contributed by atoms with Crippen LogP contribution in [0.3, 0.4) is 0 Å². The second-order valence-corrected chi connectivity index (χ2v) is 3.30. The maximum Gasteiger partial charge on any atom is 0.188 e. The molecule has 1 rings (SSSR count). The van der Waals surface area contributed by atoms with Crippen LogP contribution in [-0.4, -0.2) is 19.6 Å². The summed E-state index contributed by atoms with van der Waals surface area (Å²) in [6.45, 7) is 2.97. The Balaban J connectivity index is 2.47. The zero-order chi connectivity index (χ0) is 10.4. The van der Waals surface area contributed by atoms with E-state index in [1.54, 1.807) is 7.05 Å². The molecule has 1 atom stereocenters. The third-order valence-electron chi connectivity index (χ3n) is 2.20. The lowest BCUT2D eigenvalue weighted by molar-refractivity contribution is 0.716. The van der Waals surface area contributed by atoms with Gasteiger partial charge in [0, 0.05) is 13.6 Å². The number of nitrogens with zero attached hydrogens (tertiary/aromatic N) is 1. The van der Waals surface area contributed by atoms with Crippen molar-refractivity contribution in [2.45, 2.75) is 12.8 Å². The van der Waals surface area contributed by atoms with Gasteiger partial charge < -0.3 is 11.1 Å². The Labute approximate surface area is 85.0 Å². The van der Waals surface area contributed by atoms with E-state index in [9.17, 15) is 0 Å². The normalized spacial score (nSPS) is 13.7. The van der Waals surface area contributed by atoms with Gasteiger partial charge in [-0.05, 0) is 11.5 Å². The van der Waals surface area contributed by atoms with Crippen molar-refractivity contribution in [3.05, 3.63) is 35.9 Å². The molecule has 0 amide bonds. The van der Waals surface area contributed by atoms with Crippen molar-refractivity contribution in [2.75, 3.05) is 13.6 Å². The van der Waals surface area contributed by atoms with Crippen LogP contribution in [0.1, 0.15) is 18.4 Å². The first-order valence-electron chi connectivity index (χ1n) is 4.75. The van der Waals surface area contributed by atoms with Crippen molar-refractivity contribution in [1.29, 1.82) is 0 Å². The lowest BCUT2D eigenvalue weighted by atomic mass is 10.0. The molecule has 1 aromatic rings. The quantitative estimate of drug-likeness (QED) is 0.559. The van der Waals surface area contributed by atoms with Gasteiger partial charge in [0.1, 0.15) is 0 Å². The molecule has 1 aromatic carbocycles. The minimum Gasteiger partial charge on any atom is -0.370 e. The molecular formula is C11H17N3. The van der Waals surface area contributed by atoms with E-state index in [0.717, 1.165) is 6.54 Å². The summed E-state index contributed by atoms with van der Waals surface area (Å²) in [7, 11) is 1.68. The van der Waals surface area contributed by atoms with Gasteiger partial charge >= 0.3 is 0 Å². The fourth-order valence-corrected chi connectivity index (χ4v) is 1.24. The highest BCUT2D eigenvalue weighted by atomic mass is 15.1. The van der Waals surface area contributed by atoms with Crippen molar-refractivity contribution < 1.29 is 0 Å². The second-order valence-electron chi connectivity index (χ2n) is 3.30. The molecule has 3 N–H and O–H groups in total. The van der Waals surface area contributed by atoms with Crippen LogP contribution in [0.25, 0.3) is 0 Å². The molecule has 0 aliphatic heterocycles. The van der Waals surface area contributed by atoms with Crippen molar-refractivity contribution >= 4 is 5.96 Å². The molecule has 14 heavy (non-hydrogen) atoms. The Morgan fingerprint density at radius 3 is 2.64 bits per heavy atom. The summed E-state index contributed by atoms with van der Waals surface area (Å²) >= 11 is 0. The molecule has 0 saturated heterocycles. The van der Waals surface area contributed by atoms with Crippen molar-refractivity contribution in [3.63, 3.8) is 0 Å². The molecule has 76 valence electrons. The molecule has 0 heterocycles. The number of nitrogens with one attached hydrogen (secondary N) is 1. The van der Waals surface area contributed by atoms with E-state index >= 15 is 0 Å². The third kappa shape index (κ3) is 3.09. The van der Waals surface area contributed by atoms with E-state index in [0.29, 0.717) is 11.9 Å². The van der Waals surface area contributed by atoms with Gasteiger partial charge in [0.05, 0.1) is 0 Å². The number of hydrogen-bond acceptors (Lipinski definition) is 1. The molecule has 0 fully saturated rings. The summed E-state index contributed by atoms with van der Waals surface area (Å²) < 4.78 is 0. The predicted molar refractivity (Wildman–Crippen MR) is 60.4 cm³/mol. The number of rotatable bonds is 3. The molecule has 3 heteroatoms. The van der Waals surface area contributed by atoms with Gasteiger partial charge in [0.2, 0.25) is 0 Å². The van der Waals surface area contributed by atoms with Gasteiger partial charge in [0.25, 0.3) is 0 Å². The van der Waals surface area contributed by atoms with Crippen molar-refractivity contribution in [3.8, 4) is 0 Å². The van der Waals surface area contributed by atoms with Gasteiger partial charge in [-0.15, -0.1) is 0 Å². The van der Waals surface area contributed by atoms with Crippen LogP contribution in [-0.2, 0) is 0 Å². The van der Waals surface area contributed by atoms with Gasteiger partial charge in [-0.1, -0.05) is 37.3 Å². The van der Waals surface area contributed by atoms with E-state index in [2.05, 4.69) is 29.4 Å². The lowest BCUT2D eigenvalue weighted by Gasteiger charge is -2.12. The summed E-state index contributed by atoms with van der Waals surface area (Å²) in [5, 5.41) is 3.06. The van der Waals surface area contributed by atoms with Crippen LogP contribution in [0.5, 0.6) is 0 Å². The fraction of sp³-hybridized carbons (Fsp3) is 0.364. The van der Waals surface area contributed by atoms with E-state index in [1.807, 2.05) is 18.2 Å². The van der Waals surface area contributed by atoms with Gasteiger partial charge in [-0.2, -0.15) is 0 Å².